The Balaban J connectivity index is 2.07. The molecule has 6 atom stereocenters. The molecular weight excluding hydrogens is 435 g/mol. The van der Waals surface area contributed by atoms with Crippen LogP contribution in [0.5, 0.6) is 0 Å². The van der Waals surface area contributed by atoms with Crippen molar-refractivity contribution in [2.24, 2.45) is 11.8 Å². The Kier molecular flexibility index (Phi) is 8.32. The molecule has 2 aliphatic heterocycles. The highest BCUT2D eigenvalue weighted by Crippen LogP contribution is 2.40. The molecule has 0 amide bonds. The van der Waals surface area contributed by atoms with Gasteiger partial charge in [0.1, 0.15) is 0 Å². The second-order valence-corrected chi connectivity index (χ2v) is 8.99. The van der Waals surface area contributed by atoms with Crippen LogP contribution >= 0.6 is 0 Å². The third-order valence-electron chi connectivity index (χ3n) is 5.13. The second kappa shape index (κ2) is 10.1. The Bertz CT molecular complexity index is 738. The number of alkyl halides is 3. The van der Waals surface area contributed by atoms with Crippen molar-refractivity contribution in [1.82, 2.24) is 0 Å². The first kappa shape index (κ1) is 24.6. The van der Waals surface area contributed by atoms with E-state index < -0.39 is 52.6 Å². The summed E-state index contributed by atoms with van der Waals surface area (Å²) in [4.78, 5) is 10.4. The first-order chi connectivity index (χ1) is 13.9. The fourth-order valence-electron chi connectivity index (χ4n) is 3.74. The number of nitriles is 1. The topological polar surface area (TPSA) is 132 Å². The number of hydrogen-bond acceptors (Lipinski definition) is 8. The minimum absolute atomic E-state index is 0.137. The van der Waals surface area contributed by atoms with Gasteiger partial charge in [0.15, 0.2) is 0 Å². The molecule has 0 aromatic heterocycles. The van der Waals surface area contributed by atoms with Crippen molar-refractivity contribution >= 4 is 16.3 Å². The van der Waals surface area contributed by atoms with Crippen LogP contribution in [0.3, 0.4) is 0 Å². The Morgan fingerprint density at radius 1 is 1.33 bits per heavy atom. The van der Waals surface area contributed by atoms with Crippen molar-refractivity contribution in [3.05, 3.63) is 0 Å². The maximum Gasteiger partial charge on any atom is 0.523 e. The Labute approximate surface area is 172 Å². The van der Waals surface area contributed by atoms with Crippen molar-refractivity contribution in [2.45, 2.75) is 69.0 Å². The van der Waals surface area contributed by atoms with Crippen molar-refractivity contribution in [3.63, 3.8) is 0 Å². The molecule has 5 unspecified atom stereocenters. The lowest BCUT2D eigenvalue weighted by molar-refractivity contribution is -0.111. The van der Waals surface area contributed by atoms with Crippen molar-refractivity contribution in [1.29, 1.82) is 5.26 Å². The number of fused-ring (bicyclic) bond motifs is 1. The molecule has 13 heteroatoms. The predicted molar refractivity (Wildman–Crippen MR) is 93.6 cm³/mol. The lowest BCUT2D eigenvalue weighted by Crippen LogP contribution is -2.42. The van der Waals surface area contributed by atoms with Crippen LogP contribution in [0.2, 0.25) is 0 Å². The molecule has 30 heavy (non-hydrogen) atoms. The summed E-state index contributed by atoms with van der Waals surface area (Å²) in [7, 11) is -5.78. The lowest BCUT2D eigenvalue weighted by atomic mass is 9.89. The molecule has 2 saturated heterocycles. The summed E-state index contributed by atoms with van der Waals surface area (Å²) in [5.74, 6) is -1.09. The molecule has 2 heterocycles. The molecule has 172 valence electrons. The first-order valence-electron chi connectivity index (χ1n) is 9.46. The first-order valence-corrected chi connectivity index (χ1v) is 10.9. The van der Waals surface area contributed by atoms with Gasteiger partial charge in [0.05, 0.1) is 43.7 Å². The highest BCUT2D eigenvalue weighted by molar-refractivity contribution is 7.87. The minimum Gasteiger partial charge on any atom is -0.450 e. The van der Waals surface area contributed by atoms with E-state index in [1.807, 2.05) is 0 Å². The van der Waals surface area contributed by atoms with Gasteiger partial charge in [-0.05, 0) is 39.0 Å². The SMILES string of the molecule is C[C@@H](C#N)CC1CCC2OC(CCCOC(=O)O)C(COS(=O)(=O)C(F)(F)F)C2O1. The molecule has 0 aliphatic carbocycles. The maximum atomic E-state index is 12.6. The zero-order valence-corrected chi connectivity index (χ0v) is 17.0. The number of rotatable bonds is 9. The largest absolute Gasteiger partial charge is 0.523 e. The molecule has 2 aliphatic rings. The van der Waals surface area contributed by atoms with Gasteiger partial charge in [0, 0.05) is 11.8 Å². The van der Waals surface area contributed by atoms with Gasteiger partial charge in [-0.2, -0.15) is 26.9 Å². The van der Waals surface area contributed by atoms with Crippen LogP contribution in [0.1, 0.15) is 39.0 Å². The third-order valence-corrected chi connectivity index (χ3v) is 6.15. The average molecular weight is 459 g/mol. The van der Waals surface area contributed by atoms with E-state index in [0.29, 0.717) is 19.3 Å². The van der Waals surface area contributed by atoms with Gasteiger partial charge >= 0.3 is 21.8 Å². The van der Waals surface area contributed by atoms with Crippen LogP contribution in [0.15, 0.2) is 0 Å². The van der Waals surface area contributed by atoms with Crippen LogP contribution in [-0.4, -0.2) is 62.8 Å². The molecule has 0 spiro atoms. The summed E-state index contributed by atoms with van der Waals surface area (Å²) in [6.07, 6.45) is -1.57. The Hall–Kier alpha value is -1.62. The standard InChI is InChI=1S/C17H24F3NO8S/c1-10(8-21)7-11-4-5-14-15(28-11)12(9-27-30(24,25)17(18,19)20)13(29-14)3-2-6-26-16(22)23/h10-15H,2-7,9H2,1H3,(H,22,23)/t10-,11?,12?,13?,14?,15?/m1/s1. The Morgan fingerprint density at radius 2 is 2.03 bits per heavy atom. The summed E-state index contributed by atoms with van der Waals surface area (Å²) in [5, 5.41) is 17.5. The smallest absolute Gasteiger partial charge is 0.450 e. The molecule has 1 N–H and O–H groups in total. The number of hydrogen-bond donors (Lipinski definition) is 1. The monoisotopic (exact) mass is 459 g/mol. The van der Waals surface area contributed by atoms with E-state index in [1.165, 1.54) is 0 Å². The van der Waals surface area contributed by atoms with E-state index in [4.69, 9.17) is 19.8 Å². The van der Waals surface area contributed by atoms with Gasteiger partial charge in [0.25, 0.3) is 0 Å². The van der Waals surface area contributed by atoms with Crippen molar-refractivity contribution in [2.75, 3.05) is 13.2 Å². The average Bonchev–Trinajstić information content (AvgIpc) is 2.99. The van der Waals surface area contributed by atoms with E-state index in [0.717, 1.165) is 0 Å². The zero-order chi connectivity index (χ0) is 22.5. The highest BCUT2D eigenvalue weighted by atomic mass is 32.2. The van der Waals surface area contributed by atoms with Crippen molar-refractivity contribution in [3.8, 4) is 6.07 Å². The number of halogens is 3. The minimum atomic E-state index is -5.78. The fourth-order valence-corrected chi connectivity index (χ4v) is 4.21. The van der Waals surface area contributed by atoms with Gasteiger partial charge in [-0.1, -0.05) is 0 Å². The van der Waals surface area contributed by atoms with E-state index in [1.54, 1.807) is 6.92 Å². The normalized spacial score (nSPS) is 30.3. The van der Waals surface area contributed by atoms with Crippen LogP contribution in [0.25, 0.3) is 0 Å². The molecule has 0 bridgehead atoms. The summed E-state index contributed by atoms with van der Waals surface area (Å²) < 4.78 is 81.0. The second-order valence-electron chi connectivity index (χ2n) is 7.38. The lowest BCUT2D eigenvalue weighted by Gasteiger charge is -2.34. The van der Waals surface area contributed by atoms with Gasteiger partial charge < -0.3 is 19.3 Å². The summed E-state index contributed by atoms with van der Waals surface area (Å²) in [6.45, 7) is 0.804. The molecular formula is C17H24F3NO8S. The van der Waals surface area contributed by atoms with Crippen LogP contribution < -0.4 is 0 Å². The van der Waals surface area contributed by atoms with Gasteiger partial charge in [-0.25, -0.2) is 4.79 Å². The van der Waals surface area contributed by atoms with E-state index in [-0.39, 0.29) is 31.5 Å². The quantitative estimate of drug-likeness (QED) is 0.239. The van der Waals surface area contributed by atoms with Gasteiger partial charge in [-0.3, -0.25) is 4.18 Å². The van der Waals surface area contributed by atoms with E-state index in [2.05, 4.69) is 15.0 Å². The number of ether oxygens (including phenoxy) is 3. The number of nitrogens with zero attached hydrogens (tertiary/aromatic N) is 1. The molecule has 2 fully saturated rings. The van der Waals surface area contributed by atoms with E-state index in [9.17, 15) is 26.4 Å². The maximum absolute atomic E-state index is 12.6. The molecule has 0 aromatic rings. The number of carbonyl (C=O) groups is 1. The van der Waals surface area contributed by atoms with E-state index >= 15 is 0 Å². The summed E-state index contributed by atoms with van der Waals surface area (Å²) >= 11 is 0. The molecule has 0 saturated carbocycles. The Morgan fingerprint density at radius 3 is 2.63 bits per heavy atom. The van der Waals surface area contributed by atoms with Gasteiger partial charge in [-0.15, -0.1) is 0 Å². The van der Waals surface area contributed by atoms with Crippen LogP contribution in [0.4, 0.5) is 18.0 Å². The molecule has 0 radical (unpaired) electrons. The van der Waals surface area contributed by atoms with Crippen LogP contribution in [-0.2, 0) is 28.5 Å². The third kappa shape index (κ3) is 6.44. The number of carboxylic acid groups (broad SMARTS) is 1. The fraction of sp³-hybridized carbons (Fsp3) is 0.882. The van der Waals surface area contributed by atoms with Crippen molar-refractivity contribution < 1.29 is 49.9 Å². The van der Waals surface area contributed by atoms with Crippen LogP contribution in [0, 0.1) is 23.2 Å². The predicted octanol–water partition coefficient (Wildman–Crippen LogP) is 2.81. The molecule has 2 rings (SSSR count). The molecule has 9 nitrogen and oxygen atoms in total. The highest BCUT2D eigenvalue weighted by Gasteiger charge is 2.51. The zero-order valence-electron chi connectivity index (χ0n) is 16.2. The van der Waals surface area contributed by atoms with Gasteiger partial charge in [0.2, 0.25) is 0 Å². The molecule has 0 aromatic carbocycles. The summed E-state index contributed by atoms with van der Waals surface area (Å²) in [5.41, 5.74) is -5.55. The summed E-state index contributed by atoms with van der Waals surface area (Å²) in [6, 6.07) is 2.09.